The molecule has 1 heterocycles. The van der Waals surface area contributed by atoms with Crippen LogP contribution in [0.4, 0.5) is 0 Å². The Labute approximate surface area is 105 Å². The van der Waals surface area contributed by atoms with Gasteiger partial charge in [0.15, 0.2) is 0 Å². The summed E-state index contributed by atoms with van der Waals surface area (Å²) >= 11 is 3.18. The number of hydrogen-bond donors (Lipinski definition) is 1. The second kappa shape index (κ2) is 4.58. The maximum atomic E-state index is 11.5. The molecule has 0 spiro atoms. The van der Waals surface area contributed by atoms with Gasteiger partial charge in [0.2, 0.25) is 0 Å². The number of aromatic nitrogens is 2. The van der Waals surface area contributed by atoms with Crippen LogP contribution in [0.1, 0.15) is 10.4 Å². The summed E-state index contributed by atoms with van der Waals surface area (Å²) in [6.07, 6.45) is 1.62. The predicted molar refractivity (Wildman–Crippen MR) is 65.4 cm³/mol. The first-order chi connectivity index (χ1) is 8.11. The van der Waals surface area contributed by atoms with Gasteiger partial charge in [-0.3, -0.25) is 9.55 Å². The lowest BCUT2D eigenvalue weighted by Gasteiger charge is -2.02. The molecule has 0 fully saturated rings. The summed E-state index contributed by atoms with van der Waals surface area (Å²) in [5.41, 5.74) is 0.867. The zero-order valence-electron chi connectivity index (χ0n) is 8.94. The average Bonchev–Trinajstić information content (AvgIpc) is 2.68. The summed E-state index contributed by atoms with van der Waals surface area (Å²) < 4.78 is 6.62. The molecule has 1 N–H and O–H groups in total. The highest BCUT2D eigenvalue weighted by Gasteiger charge is 2.07. The van der Waals surface area contributed by atoms with E-state index in [1.165, 1.54) is 11.7 Å². The minimum Gasteiger partial charge on any atom is -0.465 e. The normalized spacial score (nSPS) is 10.2. The zero-order chi connectivity index (χ0) is 12.4. The second-order valence-corrected chi connectivity index (χ2v) is 4.17. The largest absolute Gasteiger partial charge is 0.465 e. The van der Waals surface area contributed by atoms with Crippen molar-refractivity contribution in [3.63, 3.8) is 0 Å². The van der Waals surface area contributed by atoms with Gasteiger partial charge in [0.05, 0.1) is 18.4 Å². The highest BCUT2D eigenvalue weighted by Crippen LogP contribution is 2.11. The first-order valence-electron chi connectivity index (χ1n) is 4.78. The molecule has 17 heavy (non-hydrogen) atoms. The van der Waals surface area contributed by atoms with Crippen LogP contribution in [0.25, 0.3) is 5.69 Å². The summed E-state index contributed by atoms with van der Waals surface area (Å²) in [5.74, 6) is -0.404. The molecule has 6 heteroatoms. The molecular weight excluding hydrogens is 288 g/mol. The first-order valence-corrected chi connectivity index (χ1v) is 5.57. The molecule has 1 aromatic carbocycles. The molecule has 0 aliphatic heterocycles. The monoisotopic (exact) mass is 296 g/mol. The van der Waals surface area contributed by atoms with E-state index >= 15 is 0 Å². The van der Waals surface area contributed by atoms with Crippen LogP contribution in [0.15, 0.2) is 39.9 Å². The average molecular weight is 297 g/mol. The fraction of sp³-hybridized carbons (Fsp3) is 0.0909. The van der Waals surface area contributed by atoms with Crippen LogP contribution < -0.4 is 5.69 Å². The molecular formula is C11H9BrN2O3. The lowest BCUT2D eigenvalue weighted by atomic mass is 10.2. The van der Waals surface area contributed by atoms with Crippen molar-refractivity contribution >= 4 is 21.9 Å². The zero-order valence-corrected chi connectivity index (χ0v) is 10.5. The standard InChI is InChI=1S/C11H9BrN2O3/c1-17-10(15)7-2-4-8(5-3-7)14-6-9(12)13-11(14)16/h2-6H,1H3,(H,13,16). The molecule has 0 unspecified atom stereocenters. The van der Waals surface area contributed by atoms with Gasteiger partial charge in [-0.1, -0.05) is 0 Å². The van der Waals surface area contributed by atoms with Crippen LogP contribution in [-0.4, -0.2) is 22.6 Å². The van der Waals surface area contributed by atoms with Gasteiger partial charge in [0.1, 0.15) is 4.60 Å². The van der Waals surface area contributed by atoms with Gasteiger partial charge >= 0.3 is 11.7 Å². The Morgan fingerprint density at radius 3 is 2.47 bits per heavy atom. The van der Waals surface area contributed by atoms with Gasteiger partial charge in [-0.25, -0.2) is 9.59 Å². The summed E-state index contributed by atoms with van der Waals surface area (Å²) in [7, 11) is 1.32. The Morgan fingerprint density at radius 1 is 1.35 bits per heavy atom. The molecule has 0 saturated heterocycles. The molecule has 0 aliphatic carbocycles. The van der Waals surface area contributed by atoms with Crippen molar-refractivity contribution in [3.8, 4) is 5.69 Å². The number of ether oxygens (including phenoxy) is 1. The van der Waals surface area contributed by atoms with Crippen LogP contribution in [0, 0.1) is 0 Å². The number of carbonyl (C=O) groups excluding carboxylic acids is 1. The number of rotatable bonds is 2. The van der Waals surface area contributed by atoms with Crippen LogP contribution in [0.2, 0.25) is 0 Å². The number of halogens is 1. The molecule has 0 radical (unpaired) electrons. The van der Waals surface area contributed by atoms with E-state index in [1.54, 1.807) is 30.5 Å². The van der Waals surface area contributed by atoms with E-state index in [0.717, 1.165) is 0 Å². The molecule has 88 valence electrons. The van der Waals surface area contributed by atoms with Crippen LogP contribution in [0.3, 0.4) is 0 Å². The topological polar surface area (TPSA) is 64.1 Å². The highest BCUT2D eigenvalue weighted by atomic mass is 79.9. The Bertz CT molecular complexity index is 598. The van der Waals surface area contributed by atoms with Crippen molar-refractivity contribution in [1.82, 2.24) is 9.55 Å². The van der Waals surface area contributed by atoms with Crippen molar-refractivity contribution in [3.05, 3.63) is 51.1 Å². The number of hydrogen-bond acceptors (Lipinski definition) is 3. The number of H-pyrrole nitrogens is 1. The third kappa shape index (κ3) is 2.31. The molecule has 5 nitrogen and oxygen atoms in total. The smallest absolute Gasteiger partial charge is 0.337 e. The molecule has 0 aliphatic rings. The van der Waals surface area contributed by atoms with Gasteiger partial charge in [-0.15, -0.1) is 0 Å². The number of esters is 1. The Balaban J connectivity index is 2.39. The SMILES string of the molecule is COC(=O)c1ccc(-n2cc(Br)[nH]c2=O)cc1. The van der Waals surface area contributed by atoms with Crippen molar-refractivity contribution in [1.29, 1.82) is 0 Å². The van der Waals surface area contributed by atoms with Crippen LogP contribution in [-0.2, 0) is 4.74 Å². The maximum Gasteiger partial charge on any atom is 0.337 e. The predicted octanol–water partition coefficient (Wildman–Crippen LogP) is 1.71. The minimum absolute atomic E-state index is 0.248. The molecule has 2 rings (SSSR count). The number of imidazole rings is 1. The summed E-state index contributed by atoms with van der Waals surface area (Å²) in [5, 5.41) is 0. The van der Waals surface area contributed by atoms with Gasteiger partial charge in [0, 0.05) is 6.20 Å². The molecule has 0 saturated carbocycles. The van der Waals surface area contributed by atoms with E-state index < -0.39 is 5.97 Å². The van der Waals surface area contributed by atoms with Crippen molar-refractivity contribution in [2.45, 2.75) is 0 Å². The van der Waals surface area contributed by atoms with Gasteiger partial charge in [0.25, 0.3) is 0 Å². The number of benzene rings is 1. The Morgan fingerprint density at radius 2 is 2.00 bits per heavy atom. The number of nitrogens with zero attached hydrogens (tertiary/aromatic N) is 1. The van der Waals surface area contributed by atoms with E-state index in [4.69, 9.17) is 0 Å². The first kappa shape index (κ1) is 11.7. The quantitative estimate of drug-likeness (QED) is 0.858. The number of methoxy groups -OCH3 is 1. The summed E-state index contributed by atoms with van der Waals surface area (Å²) in [6, 6.07) is 6.56. The maximum absolute atomic E-state index is 11.5. The van der Waals surface area contributed by atoms with E-state index in [0.29, 0.717) is 15.9 Å². The van der Waals surface area contributed by atoms with E-state index in [9.17, 15) is 9.59 Å². The van der Waals surface area contributed by atoms with Crippen molar-refractivity contribution < 1.29 is 9.53 Å². The third-order valence-electron chi connectivity index (χ3n) is 2.25. The van der Waals surface area contributed by atoms with Crippen molar-refractivity contribution in [2.75, 3.05) is 7.11 Å². The lowest BCUT2D eigenvalue weighted by molar-refractivity contribution is 0.0601. The van der Waals surface area contributed by atoms with Crippen molar-refractivity contribution in [2.24, 2.45) is 0 Å². The third-order valence-corrected chi connectivity index (χ3v) is 2.66. The molecule has 0 bridgehead atoms. The summed E-state index contributed by atoms with van der Waals surface area (Å²) in [4.78, 5) is 25.3. The van der Waals surface area contributed by atoms with E-state index in [2.05, 4.69) is 25.7 Å². The van der Waals surface area contributed by atoms with E-state index in [-0.39, 0.29) is 5.69 Å². The lowest BCUT2D eigenvalue weighted by Crippen LogP contribution is -2.14. The minimum atomic E-state index is -0.404. The van der Waals surface area contributed by atoms with Crippen LogP contribution in [0.5, 0.6) is 0 Å². The molecule has 1 aromatic heterocycles. The molecule has 0 amide bonds. The fourth-order valence-corrected chi connectivity index (χ4v) is 1.81. The number of aromatic amines is 1. The highest BCUT2D eigenvalue weighted by molar-refractivity contribution is 9.10. The molecule has 2 aromatic rings. The fourth-order valence-electron chi connectivity index (χ4n) is 1.43. The van der Waals surface area contributed by atoms with Crippen LogP contribution >= 0.6 is 15.9 Å². The van der Waals surface area contributed by atoms with Gasteiger partial charge in [-0.05, 0) is 40.2 Å². The number of carbonyl (C=O) groups is 1. The Kier molecular flexibility index (Phi) is 3.14. The Hall–Kier alpha value is -1.82. The molecule has 0 atom stereocenters. The summed E-state index contributed by atoms with van der Waals surface area (Å²) in [6.45, 7) is 0. The van der Waals surface area contributed by atoms with Gasteiger partial charge in [-0.2, -0.15) is 0 Å². The van der Waals surface area contributed by atoms with Gasteiger partial charge < -0.3 is 4.74 Å². The van der Waals surface area contributed by atoms with E-state index in [1.807, 2.05) is 0 Å². The second-order valence-electron chi connectivity index (χ2n) is 3.32. The number of nitrogens with one attached hydrogen (secondary N) is 1.